The molecule has 18 heavy (non-hydrogen) atoms. The Morgan fingerprint density at radius 1 is 1.11 bits per heavy atom. The molecule has 0 aliphatic carbocycles. The average Bonchev–Trinajstić information content (AvgIpc) is 2.41. The van der Waals surface area contributed by atoms with Crippen LogP contribution >= 0.6 is 23.2 Å². The zero-order valence-corrected chi connectivity index (χ0v) is 11.1. The molecule has 1 heterocycles. The Labute approximate surface area is 115 Å². The maximum absolute atomic E-state index is 10.2. The summed E-state index contributed by atoms with van der Waals surface area (Å²) in [6.07, 6.45) is 2.34. The number of ether oxygens (including phenoxy) is 1. The topological polar surface area (TPSA) is 42.4 Å². The first-order valence-electron chi connectivity index (χ1n) is 5.24. The van der Waals surface area contributed by atoms with E-state index in [4.69, 9.17) is 27.9 Å². The first-order chi connectivity index (χ1) is 8.61. The first kappa shape index (κ1) is 13.1. The van der Waals surface area contributed by atoms with Gasteiger partial charge in [-0.25, -0.2) is 0 Å². The maximum atomic E-state index is 10.2. The monoisotopic (exact) mass is 283 g/mol. The first-order valence-corrected chi connectivity index (χ1v) is 5.99. The van der Waals surface area contributed by atoms with E-state index in [1.807, 2.05) is 0 Å². The fraction of sp³-hybridized carbons (Fsp3) is 0.154. The van der Waals surface area contributed by atoms with Crippen molar-refractivity contribution < 1.29 is 9.84 Å². The Morgan fingerprint density at radius 3 is 2.56 bits per heavy atom. The minimum absolute atomic E-state index is 0.407. The number of aliphatic hydroxyl groups is 1. The molecule has 0 spiro atoms. The molecule has 5 heteroatoms. The van der Waals surface area contributed by atoms with Crippen molar-refractivity contribution in [2.24, 2.45) is 0 Å². The van der Waals surface area contributed by atoms with Gasteiger partial charge < -0.3 is 9.84 Å². The molecule has 0 aliphatic rings. The molecule has 1 N–H and O–H groups in total. The third-order valence-electron chi connectivity index (χ3n) is 2.55. The van der Waals surface area contributed by atoms with E-state index in [0.29, 0.717) is 26.9 Å². The van der Waals surface area contributed by atoms with Crippen molar-refractivity contribution in [3.05, 3.63) is 57.8 Å². The van der Waals surface area contributed by atoms with Crippen LogP contribution in [0.25, 0.3) is 0 Å². The van der Waals surface area contributed by atoms with Gasteiger partial charge in [0.1, 0.15) is 11.9 Å². The minimum Gasteiger partial charge on any atom is -0.495 e. The third kappa shape index (κ3) is 2.75. The van der Waals surface area contributed by atoms with Crippen molar-refractivity contribution in [1.82, 2.24) is 4.98 Å². The van der Waals surface area contributed by atoms with Gasteiger partial charge in [-0.3, -0.25) is 4.98 Å². The van der Waals surface area contributed by atoms with Crippen molar-refractivity contribution >= 4 is 23.2 Å². The summed E-state index contributed by atoms with van der Waals surface area (Å²) in [6, 6.07) is 6.72. The summed E-state index contributed by atoms with van der Waals surface area (Å²) in [5, 5.41) is 11.1. The van der Waals surface area contributed by atoms with Gasteiger partial charge in [-0.1, -0.05) is 29.3 Å². The number of hydrogen-bond acceptors (Lipinski definition) is 3. The number of nitrogens with zero attached hydrogens (tertiary/aromatic N) is 1. The number of hydrogen-bond donors (Lipinski definition) is 1. The SMILES string of the molecule is COc1cncc(C(O)c2ccc(Cl)c(Cl)c2)c1. The van der Waals surface area contributed by atoms with Crippen LogP contribution in [0.1, 0.15) is 17.2 Å². The largest absolute Gasteiger partial charge is 0.495 e. The summed E-state index contributed by atoms with van der Waals surface area (Å²) in [7, 11) is 1.55. The maximum Gasteiger partial charge on any atom is 0.137 e. The van der Waals surface area contributed by atoms with Crippen molar-refractivity contribution in [1.29, 1.82) is 0 Å². The molecular weight excluding hydrogens is 273 g/mol. The molecule has 1 aromatic carbocycles. The van der Waals surface area contributed by atoms with Gasteiger partial charge >= 0.3 is 0 Å². The Balaban J connectivity index is 2.34. The molecule has 0 radical (unpaired) electrons. The van der Waals surface area contributed by atoms with E-state index in [1.165, 1.54) is 0 Å². The van der Waals surface area contributed by atoms with Crippen LogP contribution in [0.5, 0.6) is 5.75 Å². The molecule has 1 unspecified atom stereocenters. The number of methoxy groups -OCH3 is 1. The molecule has 0 aliphatic heterocycles. The van der Waals surface area contributed by atoms with E-state index in [9.17, 15) is 5.11 Å². The minimum atomic E-state index is -0.817. The van der Waals surface area contributed by atoms with Crippen LogP contribution in [-0.4, -0.2) is 17.2 Å². The van der Waals surface area contributed by atoms with Crippen LogP contribution in [0.4, 0.5) is 0 Å². The number of pyridine rings is 1. The standard InChI is InChI=1S/C13H11Cl2NO2/c1-18-10-4-9(6-16-7-10)13(17)8-2-3-11(14)12(15)5-8/h2-7,13,17H,1H3. The lowest BCUT2D eigenvalue weighted by Crippen LogP contribution is -2.01. The fourth-order valence-electron chi connectivity index (χ4n) is 1.57. The highest BCUT2D eigenvalue weighted by atomic mass is 35.5. The molecule has 1 aromatic heterocycles. The van der Waals surface area contributed by atoms with Crippen LogP contribution < -0.4 is 4.74 Å². The summed E-state index contributed by atoms with van der Waals surface area (Å²) in [5.41, 5.74) is 1.28. The molecule has 3 nitrogen and oxygen atoms in total. The number of aliphatic hydroxyl groups excluding tert-OH is 1. The van der Waals surface area contributed by atoms with Crippen LogP contribution in [0.2, 0.25) is 10.0 Å². The van der Waals surface area contributed by atoms with Gasteiger partial charge in [0.15, 0.2) is 0 Å². The smallest absolute Gasteiger partial charge is 0.137 e. The van der Waals surface area contributed by atoms with E-state index in [1.54, 1.807) is 43.8 Å². The van der Waals surface area contributed by atoms with E-state index in [0.717, 1.165) is 0 Å². The summed E-state index contributed by atoms with van der Waals surface area (Å²) >= 11 is 11.8. The molecular formula is C13H11Cl2NO2. The van der Waals surface area contributed by atoms with Crippen LogP contribution in [0.3, 0.4) is 0 Å². The Kier molecular flexibility index (Phi) is 4.07. The van der Waals surface area contributed by atoms with Crippen LogP contribution in [0, 0.1) is 0 Å². The van der Waals surface area contributed by atoms with Crippen LogP contribution in [0.15, 0.2) is 36.7 Å². The highest BCUT2D eigenvalue weighted by molar-refractivity contribution is 6.42. The molecule has 0 amide bonds. The molecule has 2 rings (SSSR count). The normalized spacial score (nSPS) is 12.2. The van der Waals surface area contributed by atoms with Crippen molar-refractivity contribution in [2.75, 3.05) is 7.11 Å². The summed E-state index contributed by atoms with van der Waals surface area (Å²) in [4.78, 5) is 4.00. The molecule has 2 aromatic rings. The predicted molar refractivity (Wildman–Crippen MR) is 71.3 cm³/mol. The second-order valence-electron chi connectivity index (χ2n) is 3.73. The second-order valence-corrected chi connectivity index (χ2v) is 4.55. The van der Waals surface area contributed by atoms with Crippen LogP contribution in [-0.2, 0) is 0 Å². The van der Waals surface area contributed by atoms with Gasteiger partial charge in [0.25, 0.3) is 0 Å². The zero-order valence-electron chi connectivity index (χ0n) is 9.60. The van der Waals surface area contributed by atoms with Crippen molar-refractivity contribution in [3.63, 3.8) is 0 Å². The Hall–Kier alpha value is -1.29. The zero-order chi connectivity index (χ0) is 13.1. The summed E-state index contributed by atoms with van der Waals surface area (Å²) < 4.78 is 5.06. The number of rotatable bonds is 3. The lowest BCUT2D eigenvalue weighted by atomic mass is 10.0. The predicted octanol–water partition coefficient (Wildman–Crippen LogP) is 3.48. The number of halogens is 2. The highest BCUT2D eigenvalue weighted by Gasteiger charge is 2.13. The van der Waals surface area contributed by atoms with Gasteiger partial charge in [-0.2, -0.15) is 0 Å². The molecule has 0 fully saturated rings. The fourth-order valence-corrected chi connectivity index (χ4v) is 1.88. The summed E-state index contributed by atoms with van der Waals surface area (Å²) in [5.74, 6) is 0.589. The van der Waals surface area contributed by atoms with Crippen molar-refractivity contribution in [2.45, 2.75) is 6.10 Å². The lowest BCUT2D eigenvalue weighted by Gasteiger charge is -2.12. The van der Waals surface area contributed by atoms with Gasteiger partial charge in [0, 0.05) is 11.8 Å². The molecule has 94 valence electrons. The van der Waals surface area contributed by atoms with Gasteiger partial charge in [-0.05, 0) is 23.8 Å². The van der Waals surface area contributed by atoms with E-state index in [2.05, 4.69) is 4.98 Å². The molecule has 0 saturated carbocycles. The Morgan fingerprint density at radius 2 is 1.89 bits per heavy atom. The van der Waals surface area contributed by atoms with Crippen molar-refractivity contribution in [3.8, 4) is 5.75 Å². The molecule has 0 saturated heterocycles. The summed E-state index contributed by atoms with van der Waals surface area (Å²) in [6.45, 7) is 0. The van der Waals surface area contributed by atoms with Gasteiger partial charge in [-0.15, -0.1) is 0 Å². The quantitative estimate of drug-likeness (QED) is 0.938. The van der Waals surface area contributed by atoms with E-state index >= 15 is 0 Å². The Bertz CT molecular complexity index is 560. The average molecular weight is 284 g/mol. The lowest BCUT2D eigenvalue weighted by molar-refractivity contribution is 0.219. The highest BCUT2D eigenvalue weighted by Crippen LogP contribution is 2.29. The molecule has 0 bridgehead atoms. The van der Waals surface area contributed by atoms with E-state index in [-0.39, 0.29) is 0 Å². The van der Waals surface area contributed by atoms with Gasteiger partial charge in [0.2, 0.25) is 0 Å². The van der Waals surface area contributed by atoms with Gasteiger partial charge in [0.05, 0.1) is 23.4 Å². The van der Waals surface area contributed by atoms with E-state index < -0.39 is 6.10 Å². The molecule has 1 atom stereocenters. The number of aromatic nitrogens is 1. The second kappa shape index (κ2) is 5.57. The third-order valence-corrected chi connectivity index (χ3v) is 3.28. The number of benzene rings is 1.